The number of rotatable bonds is 4. The highest BCUT2D eigenvalue weighted by atomic mass is 19.1. The first kappa shape index (κ1) is 19.7. The van der Waals surface area contributed by atoms with E-state index in [0.29, 0.717) is 17.2 Å². The molecule has 0 aliphatic heterocycles. The van der Waals surface area contributed by atoms with Crippen LogP contribution in [0.25, 0.3) is 44.0 Å². The summed E-state index contributed by atoms with van der Waals surface area (Å²) in [6.07, 6.45) is 2.63. The van der Waals surface area contributed by atoms with E-state index in [1.807, 2.05) is 30.5 Å². The van der Waals surface area contributed by atoms with Crippen LogP contribution < -0.4 is 0 Å². The minimum atomic E-state index is -0.197. The zero-order valence-electron chi connectivity index (χ0n) is 18.4. The lowest BCUT2D eigenvalue weighted by Crippen LogP contribution is -2.00. The third-order valence-corrected chi connectivity index (χ3v) is 5.99. The molecule has 0 saturated heterocycles. The lowest BCUT2D eigenvalue weighted by atomic mass is 9.92. The van der Waals surface area contributed by atoms with E-state index in [1.165, 1.54) is 11.6 Å². The van der Waals surface area contributed by atoms with Gasteiger partial charge < -0.3 is 4.42 Å². The number of aromatic nitrogens is 1. The molecule has 0 spiro atoms. The topological polar surface area (TPSA) is 26.0 Å². The molecule has 2 nitrogen and oxygen atoms in total. The molecule has 0 fully saturated rings. The third kappa shape index (κ3) is 3.29. The highest BCUT2D eigenvalue weighted by Crippen LogP contribution is 2.40. The summed E-state index contributed by atoms with van der Waals surface area (Å²) in [5, 5.41) is 3.67. The minimum Gasteiger partial charge on any atom is -0.455 e. The average Bonchev–Trinajstić information content (AvgIpc) is 3.12. The quantitative estimate of drug-likeness (QED) is 0.297. The van der Waals surface area contributed by atoms with Gasteiger partial charge in [-0.25, -0.2) is 4.39 Å². The van der Waals surface area contributed by atoms with Crippen LogP contribution in [-0.4, -0.2) is 4.98 Å². The molecule has 2 aromatic heterocycles. The second kappa shape index (κ2) is 7.49. The second-order valence-corrected chi connectivity index (χ2v) is 9.09. The van der Waals surface area contributed by atoms with Crippen molar-refractivity contribution in [2.45, 2.75) is 40.0 Å². The Balaban J connectivity index is 1.89. The van der Waals surface area contributed by atoms with Crippen LogP contribution in [0.15, 0.2) is 65.2 Å². The minimum absolute atomic E-state index is 0.197. The number of nitrogens with zero attached hydrogens (tertiary/aromatic N) is 1. The lowest BCUT2D eigenvalue weighted by molar-refractivity contribution is 0.627. The molecule has 3 heteroatoms. The average molecular weight is 412 g/mol. The predicted octanol–water partition coefficient (Wildman–Crippen LogP) is 8.26. The maximum Gasteiger partial charge on any atom is 0.144 e. The van der Waals surface area contributed by atoms with Crippen LogP contribution in [0.5, 0.6) is 0 Å². The Hall–Kier alpha value is -3.20. The molecule has 0 amide bonds. The maximum absolute atomic E-state index is 15.0. The lowest BCUT2D eigenvalue weighted by Gasteiger charge is -2.15. The van der Waals surface area contributed by atoms with Crippen molar-refractivity contribution in [1.82, 2.24) is 4.98 Å². The SMILES string of the molecule is CC(C)Cc1cnc(-c2cc(C(C)C)cc3c2oc2ccccc23)c2cccc(F)c12. The second-order valence-electron chi connectivity index (χ2n) is 9.09. The Bertz CT molecular complexity index is 1430. The largest absolute Gasteiger partial charge is 0.455 e. The van der Waals surface area contributed by atoms with Crippen LogP contribution >= 0.6 is 0 Å². The fourth-order valence-electron chi connectivity index (χ4n) is 4.49. The van der Waals surface area contributed by atoms with E-state index in [0.717, 1.165) is 50.6 Å². The van der Waals surface area contributed by atoms with Gasteiger partial charge in [0.25, 0.3) is 0 Å². The maximum atomic E-state index is 15.0. The smallest absolute Gasteiger partial charge is 0.144 e. The van der Waals surface area contributed by atoms with Crippen LogP contribution in [0.4, 0.5) is 4.39 Å². The van der Waals surface area contributed by atoms with Crippen molar-refractivity contribution in [1.29, 1.82) is 0 Å². The van der Waals surface area contributed by atoms with Gasteiger partial charge in [-0.2, -0.15) is 0 Å². The van der Waals surface area contributed by atoms with Crippen molar-refractivity contribution in [2.75, 3.05) is 0 Å². The number of pyridine rings is 1. The van der Waals surface area contributed by atoms with Gasteiger partial charge in [0.2, 0.25) is 0 Å². The van der Waals surface area contributed by atoms with Gasteiger partial charge in [0, 0.05) is 33.3 Å². The number of halogens is 1. The summed E-state index contributed by atoms with van der Waals surface area (Å²) in [5.41, 5.74) is 5.52. The van der Waals surface area contributed by atoms with Crippen molar-refractivity contribution < 1.29 is 8.81 Å². The van der Waals surface area contributed by atoms with Crippen LogP contribution in [0.1, 0.15) is 44.7 Å². The number of para-hydroxylation sites is 1. The van der Waals surface area contributed by atoms with Crippen molar-refractivity contribution >= 4 is 32.7 Å². The molecule has 0 radical (unpaired) electrons. The van der Waals surface area contributed by atoms with Gasteiger partial charge in [0.15, 0.2) is 0 Å². The molecule has 5 rings (SSSR count). The molecular formula is C28H26FNO. The van der Waals surface area contributed by atoms with Gasteiger partial charge in [-0.15, -0.1) is 0 Å². The standard InChI is InChI=1S/C28H26FNO/c1-16(2)12-19-15-30-27(21-9-7-10-24(29)26(19)21)23-14-18(17(3)4)13-22-20-8-5-6-11-25(20)31-28(22)23/h5-11,13-17H,12H2,1-4H3. The van der Waals surface area contributed by atoms with Gasteiger partial charge in [0.1, 0.15) is 17.0 Å². The number of benzene rings is 3. The highest BCUT2D eigenvalue weighted by Gasteiger charge is 2.20. The van der Waals surface area contributed by atoms with Gasteiger partial charge in [-0.05, 0) is 53.6 Å². The molecule has 2 heterocycles. The molecule has 0 atom stereocenters. The Kier molecular flexibility index (Phi) is 4.77. The number of hydrogen-bond donors (Lipinski definition) is 0. The molecule has 0 unspecified atom stereocenters. The Morgan fingerprint density at radius 3 is 2.45 bits per heavy atom. The molecule has 5 aromatic rings. The van der Waals surface area contributed by atoms with Crippen molar-refractivity contribution in [2.24, 2.45) is 5.92 Å². The molecule has 0 aliphatic carbocycles. The van der Waals surface area contributed by atoms with E-state index < -0.39 is 0 Å². The predicted molar refractivity (Wildman–Crippen MR) is 127 cm³/mol. The van der Waals surface area contributed by atoms with Gasteiger partial charge >= 0.3 is 0 Å². The van der Waals surface area contributed by atoms with Gasteiger partial charge in [0.05, 0.1) is 5.69 Å². The number of fused-ring (bicyclic) bond motifs is 4. The summed E-state index contributed by atoms with van der Waals surface area (Å²) in [6, 6.07) is 17.7. The third-order valence-electron chi connectivity index (χ3n) is 5.99. The molecule has 0 N–H and O–H groups in total. The normalized spacial score (nSPS) is 12.1. The summed E-state index contributed by atoms with van der Waals surface area (Å²) in [6.45, 7) is 8.66. The number of hydrogen-bond acceptors (Lipinski definition) is 2. The van der Waals surface area contributed by atoms with E-state index in [1.54, 1.807) is 6.07 Å². The van der Waals surface area contributed by atoms with E-state index in [-0.39, 0.29) is 5.82 Å². The first-order valence-electron chi connectivity index (χ1n) is 11.0. The number of furan rings is 1. The van der Waals surface area contributed by atoms with E-state index >= 15 is 4.39 Å². The Morgan fingerprint density at radius 2 is 1.68 bits per heavy atom. The van der Waals surface area contributed by atoms with E-state index in [4.69, 9.17) is 9.40 Å². The molecule has 0 saturated carbocycles. The van der Waals surface area contributed by atoms with Crippen molar-refractivity contribution in [3.63, 3.8) is 0 Å². The van der Waals surface area contributed by atoms with Crippen molar-refractivity contribution in [3.8, 4) is 11.3 Å². The summed E-state index contributed by atoms with van der Waals surface area (Å²) in [5.74, 6) is 0.569. The van der Waals surface area contributed by atoms with Crippen LogP contribution in [-0.2, 0) is 6.42 Å². The molecule has 0 bridgehead atoms. The van der Waals surface area contributed by atoms with Gasteiger partial charge in [-0.3, -0.25) is 4.98 Å². The molecule has 0 aliphatic rings. The molecule has 3 aromatic carbocycles. The summed E-state index contributed by atoms with van der Waals surface area (Å²) in [4.78, 5) is 4.87. The first-order valence-corrected chi connectivity index (χ1v) is 11.0. The Labute approximate surface area is 181 Å². The summed E-state index contributed by atoms with van der Waals surface area (Å²) >= 11 is 0. The monoisotopic (exact) mass is 411 g/mol. The fraction of sp³-hybridized carbons (Fsp3) is 0.250. The van der Waals surface area contributed by atoms with E-state index in [2.05, 4.69) is 45.9 Å². The summed E-state index contributed by atoms with van der Waals surface area (Å²) < 4.78 is 21.3. The van der Waals surface area contributed by atoms with Crippen LogP contribution in [0.2, 0.25) is 0 Å². The van der Waals surface area contributed by atoms with Crippen molar-refractivity contribution in [3.05, 3.63) is 77.7 Å². The van der Waals surface area contributed by atoms with Crippen LogP contribution in [0, 0.1) is 11.7 Å². The highest BCUT2D eigenvalue weighted by molar-refractivity contribution is 6.12. The Morgan fingerprint density at radius 1 is 0.903 bits per heavy atom. The molecular weight excluding hydrogens is 385 g/mol. The zero-order chi connectivity index (χ0) is 21.7. The molecule has 31 heavy (non-hydrogen) atoms. The van der Waals surface area contributed by atoms with Crippen LogP contribution in [0.3, 0.4) is 0 Å². The fourth-order valence-corrected chi connectivity index (χ4v) is 4.49. The zero-order valence-corrected chi connectivity index (χ0v) is 18.4. The first-order chi connectivity index (χ1) is 14.9. The molecule has 156 valence electrons. The van der Waals surface area contributed by atoms with Gasteiger partial charge in [-0.1, -0.05) is 58.0 Å². The van der Waals surface area contributed by atoms with E-state index in [9.17, 15) is 0 Å². The summed E-state index contributed by atoms with van der Waals surface area (Å²) in [7, 11) is 0.